The molecule has 0 saturated heterocycles. The summed E-state index contributed by atoms with van der Waals surface area (Å²) in [4.78, 5) is 0. The van der Waals surface area contributed by atoms with Gasteiger partial charge in [0, 0.05) is 13.1 Å². The third-order valence-electron chi connectivity index (χ3n) is 3.92. The van der Waals surface area contributed by atoms with E-state index in [4.69, 9.17) is 14.6 Å². The summed E-state index contributed by atoms with van der Waals surface area (Å²) in [6.07, 6.45) is 1.01. The molecule has 5 nitrogen and oxygen atoms in total. The van der Waals surface area contributed by atoms with Crippen molar-refractivity contribution in [2.24, 2.45) is 0 Å². The molecule has 0 aliphatic carbocycles. The summed E-state index contributed by atoms with van der Waals surface area (Å²) >= 11 is 3.63. The van der Waals surface area contributed by atoms with E-state index in [9.17, 15) is 0 Å². The summed E-state index contributed by atoms with van der Waals surface area (Å²) in [6, 6.07) is 14.2. The first kappa shape index (κ1) is 28.0. The van der Waals surface area contributed by atoms with Crippen molar-refractivity contribution < 1.29 is 14.6 Å². The molecule has 3 N–H and O–H groups in total. The second-order valence-corrected chi connectivity index (χ2v) is 6.97. The largest absolute Gasteiger partial charge is 0.490 e. The first-order valence-corrected chi connectivity index (χ1v) is 10.2. The lowest BCUT2D eigenvalue weighted by molar-refractivity contribution is 0.267. The van der Waals surface area contributed by atoms with Gasteiger partial charge < -0.3 is 25.2 Å². The van der Waals surface area contributed by atoms with Crippen molar-refractivity contribution in [3.63, 3.8) is 0 Å². The van der Waals surface area contributed by atoms with E-state index in [1.807, 2.05) is 43.3 Å². The third-order valence-corrected chi connectivity index (χ3v) is 4.51. The second-order valence-electron chi connectivity index (χ2n) is 6.12. The molecule has 29 heavy (non-hydrogen) atoms. The number of aliphatic hydroxyl groups is 1. The van der Waals surface area contributed by atoms with Crippen LogP contribution in [0.15, 0.2) is 46.9 Å². The van der Waals surface area contributed by atoms with Crippen molar-refractivity contribution in [3.05, 3.63) is 58.1 Å². The molecule has 0 amide bonds. The van der Waals surface area contributed by atoms with Gasteiger partial charge in [-0.05, 0) is 65.6 Å². The lowest BCUT2D eigenvalue weighted by Crippen LogP contribution is -2.23. The molecule has 0 spiro atoms. The molecular formula is C21H31BrCl2N2O3. The number of nitrogens with one attached hydrogen (secondary N) is 2. The van der Waals surface area contributed by atoms with Crippen molar-refractivity contribution in [2.45, 2.75) is 26.5 Å². The fourth-order valence-electron chi connectivity index (χ4n) is 2.63. The summed E-state index contributed by atoms with van der Waals surface area (Å²) in [5, 5.41) is 15.3. The second kappa shape index (κ2) is 16.7. The van der Waals surface area contributed by atoms with Crippen molar-refractivity contribution in [1.82, 2.24) is 10.6 Å². The molecule has 0 aromatic heterocycles. The molecule has 2 rings (SSSR count). The topological polar surface area (TPSA) is 62.8 Å². The van der Waals surface area contributed by atoms with Gasteiger partial charge in [0.25, 0.3) is 0 Å². The van der Waals surface area contributed by atoms with E-state index in [1.165, 1.54) is 0 Å². The predicted molar refractivity (Wildman–Crippen MR) is 127 cm³/mol. The maximum absolute atomic E-state index is 8.73. The highest BCUT2D eigenvalue weighted by Gasteiger charge is 2.12. The number of ether oxygens (including phenoxy) is 2. The van der Waals surface area contributed by atoms with E-state index in [1.54, 1.807) is 0 Å². The predicted octanol–water partition coefficient (Wildman–Crippen LogP) is 4.33. The summed E-state index contributed by atoms with van der Waals surface area (Å²) in [6.45, 7) is 6.45. The number of aliphatic hydroxyl groups excluding tert-OH is 1. The Morgan fingerprint density at radius 2 is 1.66 bits per heavy atom. The average molecular weight is 510 g/mol. The van der Waals surface area contributed by atoms with Gasteiger partial charge in [-0.1, -0.05) is 30.3 Å². The van der Waals surface area contributed by atoms with Crippen molar-refractivity contribution in [3.8, 4) is 11.5 Å². The highest BCUT2D eigenvalue weighted by Crippen LogP contribution is 2.37. The third kappa shape index (κ3) is 10.5. The molecule has 0 unspecified atom stereocenters. The van der Waals surface area contributed by atoms with Crippen LogP contribution in [0.2, 0.25) is 0 Å². The molecule has 0 saturated carbocycles. The van der Waals surface area contributed by atoms with Crippen LogP contribution in [0.1, 0.15) is 24.5 Å². The fraction of sp³-hybridized carbons (Fsp3) is 0.429. The van der Waals surface area contributed by atoms with Crippen LogP contribution in [-0.2, 0) is 13.2 Å². The van der Waals surface area contributed by atoms with E-state index in [0.29, 0.717) is 19.8 Å². The minimum atomic E-state index is 0. The van der Waals surface area contributed by atoms with Crippen molar-refractivity contribution >= 4 is 40.7 Å². The Bertz CT molecular complexity index is 678. The minimum absolute atomic E-state index is 0. The van der Waals surface area contributed by atoms with Gasteiger partial charge in [-0.25, -0.2) is 0 Å². The molecular weight excluding hydrogens is 479 g/mol. The number of hydrogen-bond acceptors (Lipinski definition) is 5. The van der Waals surface area contributed by atoms with Gasteiger partial charge in [0.2, 0.25) is 0 Å². The molecule has 0 atom stereocenters. The standard InChI is InChI=1S/C21H29BrN2O3.2ClH/c1-2-26-20-14-18(15-24-10-6-9-23-11-12-25)13-19(22)21(20)27-16-17-7-4-3-5-8-17;;/h3-5,7-8,13-14,23-25H,2,6,9-12,15-16H2,1H3;2*1H. The van der Waals surface area contributed by atoms with E-state index in [0.717, 1.165) is 53.2 Å². The van der Waals surface area contributed by atoms with Gasteiger partial charge in [-0.2, -0.15) is 0 Å². The summed E-state index contributed by atoms with van der Waals surface area (Å²) < 4.78 is 12.7. The number of halogens is 3. The Morgan fingerprint density at radius 1 is 0.931 bits per heavy atom. The van der Waals surface area contributed by atoms with Crippen LogP contribution < -0.4 is 20.1 Å². The molecule has 2 aromatic carbocycles. The zero-order chi connectivity index (χ0) is 19.3. The van der Waals surface area contributed by atoms with Gasteiger partial charge in [-0.15, -0.1) is 24.8 Å². The number of benzene rings is 2. The number of rotatable bonds is 13. The van der Waals surface area contributed by atoms with Crippen LogP contribution in [0.4, 0.5) is 0 Å². The Hall–Kier alpha value is -1.02. The number of hydrogen-bond donors (Lipinski definition) is 3. The van der Waals surface area contributed by atoms with Gasteiger partial charge in [-0.3, -0.25) is 0 Å². The summed E-state index contributed by atoms with van der Waals surface area (Å²) in [5.41, 5.74) is 2.26. The maximum Gasteiger partial charge on any atom is 0.175 e. The van der Waals surface area contributed by atoms with Crippen molar-refractivity contribution in [2.75, 3.05) is 32.8 Å². The van der Waals surface area contributed by atoms with Crippen LogP contribution in [0.25, 0.3) is 0 Å². The first-order valence-electron chi connectivity index (χ1n) is 9.38. The van der Waals surface area contributed by atoms with Gasteiger partial charge in [0.15, 0.2) is 11.5 Å². The molecule has 0 aliphatic heterocycles. The molecule has 8 heteroatoms. The first-order chi connectivity index (χ1) is 13.2. The maximum atomic E-state index is 8.73. The van der Waals surface area contributed by atoms with E-state index < -0.39 is 0 Å². The van der Waals surface area contributed by atoms with Crippen LogP contribution >= 0.6 is 40.7 Å². The van der Waals surface area contributed by atoms with E-state index >= 15 is 0 Å². The molecule has 0 bridgehead atoms. The Morgan fingerprint density at radius 3 is 2.34 bits per heavy atom. The normalized spacial score (nSPS) is 10.0. The average Bonchev–Trinajstić information content (AvgIpc) is 2.68. The minimum Gasteiger partial charge on any atom is -0.490 e. The van der Waals surface area contributed by atoms with Gasteiger partial charge in [0.1, 0.15) is 6.61 Å². The molecule has 164 valence electrons. The lowest BCUT2D eigenvalue weighted by Gasteiger charge is -2.16. The smallest absolute Gasteiger partial charge is 0.175 e. The molecule has 2 aromatic rings. The summed E-state index contributed by atoms with van der Waals surface area (Å²) in [5.74, 6) is 1.49. The molecule has 0 radical (unpaired) electrons. The highest BCUT2D eigenvalue weighted by molar-refractivity contribution is 9.10. The van der Waals surface area contributed by atoms with Gasteiger partial charge in [0.05, 0.1) is 17.7 Å². The van der Waals surface area contributed by atoms with Crippen LogP contribution in [0.3, 0.4) is 0 Å². The monoisotopic (exact) mass is 508 g/mol. The SMILES string of the molecule is CCOc1cc(CNCCCNCCO)cc(Br)c1OCc1ccccc1.Cl.Cl. The quantitative estimate of drug-likeness (QED) is 0.351. The van der Waals surface area contributed by atoms with E-state index in [2.05, 4.69) is 32.6 Å². The lowest BCUT2D eigenvalue weighted by atomic mass is 10.2. The zero-order valence-electron chi connectivity index (χ0n) is 16.7. The Kier molecular flexibility index (Phi) is 16.2. The van der Waals surface area contributed by atoms with E-state index in [-0.39, 0.29) is 31.4 Å². The zero-order valence-corrected chi connectivity index (χ0v) is 19.9. The van der Waals surface area contributed by atoms with Crippen molar-refractivity contribution in [1.29, 1.82) is 0 Å². The fourth-order valence-corrected chi connectivity index (χ4v) is 3.24. The highest BCUT2D eigenvalue weighted by atomic mass is 79.9. The van der Waals surface area contributed by atoms with Crippen LogP contribution in [0.5, 0.6) is 11.5 Å². The van der Waals surface area contributed by atoms with Gasteiger partial charge >= 0.3 is 0 Å². The Labute approximate surface area is 194 Å². The summed E-state index contributed by atoms with van der Waals surface area (Å²) in [7, 11) is 0. The molecule has 0 fully saturated rings. The van der Waals surface area contributed by atoms with Crippen LogP contribution in [0, 0.1) is 0 Å². The van der Waals surface area contributed by atoms with Crippen LogP contribution in [-0.4, -0.2) is 38.0 Å². The molecule has 0 aliphatic rings. The Balaban J connectivity index is 0.00000392. The molecule has 0 heterocycles.